The molecule has 1 aliphatic rings. The molecule has 84 valence electrons. The summed E-state index contributed by atoms with van der Waals surface area (Å²) in [4.78, 5) is 21.7. The van der Waals surface area contributed by atoms with Crippen molar-refractivity contribution >= 4 is 11.9 Å². The van der Waals surface area contributed by atoms with Crippen LogP contribution in [0.3, 0.4) is 0 Å². The average molecular weight is 220 g/mol. The lowest BCUT2D eigenvalue weighted by Crippen LogP contribution is -2.21. The summed E-state index contributed by atoms with van der Waals surface area (Å²) in [6.07, 6.45) is 0.771. The lowest BCUT2D eigenvalue weighted by molar-refractivity contribution is -0.142. The summed E-state index contributed by atoms with van der Waals surface area (Å²) in [6.45, 7) is 0. The fourth-order valence-electron chi connectivity index (χ4n) is 2.24. The SMILES string of the molecule is O=C(O)CCCC1(C(=O)O)c2ccccc21. The highest BCUT2D eigenvalue weighted by atomic mass is 16.4. The van der Waals surface area contributed by atoms with Gasteiger partial charge in [-0.15, -0.1) is 0 Å². The van der Waals surface area contributed by atoms with Gasteiger partial charge in [-0.05, 0) is 24.0 Å². The molecule has 0 heterocycles. The largest absolute Gasteiger partial charge is 0.481 e. The Bertz CT molecular complexity index is 427. The summed E-state index contributed by atoms with van der Waals surface area (Å²) in [7, 11) is 0. The second-order valence-electron chi connectivity index (χ2n) is 4.00. The number of carbonyl (C=O) groups is 2. The Kier molecular flexibility index (Phi) is 2.42. The molecule has 1 aliphatic carbocycles. The van der Waals surface area contributed by atoms with Crippen molar-refractivity contribution in [3.63, 3.8) is 0 Å². The Morgan fingerprint density at radius 1 is 1.12 bits per heavy atom. The molecule has 0 amide bonds. The Morgan fingerprint density at radius 3 is 2.12 bits per heavy atom. The number of hydrogen-bond donors (Lipinski definition) is 2. The Morgan fingerprint density at radius 2 is 1.69 bits per heavy atom. The van der Waals surface area contributed by atoms with Gasteiger partial charge in [-0.25, -0.2) is 0 Å². The standard InChI is InChI=1S/C12H12O4/c13-10(14)6-3-7-12(11(15)16)8-4-1-2-5-9(8)12/h1-2,4-5H,3,6-7H2,(H,13,14)(H,15,16). The number of carboxylic acids is 2. The van der Waals surface area contributed by atoms with Crippen LogP contribution in [0.4, 0.5) is 0 Å². The Hall–Kier alpha value is -1.84. The van der Waals surface area contributed by atoms with Gasteiger partial charge in [-0.2, -0.15) is 0 Å². The van der Waals surface area contributed by atoms with Crippen molar-refractivity contribution < 1.29 is 19.8 Å². The number of carboxylic acid groups (broad SMARTS) is 2. The zero-order chi connectivity index (χ0) is 11.8. The molecule has 0 saturated carbocycles. The highest BCUT2D eigenvalue weighted by Crippen LogP contribution is 2.53. The normalized spacial score (nSPS) is 15.2. The van der Waals surface area contributed by atoms with Gasteiger partial charge < -0.3 is 10.2 Å². The second kappa shape index (κ2) is 3.63. The molecule has 0 atom stereocenters. The van der Waals surface area contributed by atoms with E-state index in [4.69, 9.17) is 5.11 Å². The van der Waals surface area contributed by atoms with Crippen molar-refractivity contribution in [1.29, 1.82) is 0 Å². The Labute approximate surface area is 92.5 Å². The molecule has 1 aromatic rings. The van der Waals surface area contributed by atoms with Crippen molar-refractivity contribution in [1.82, 2.24) is 0 Å². The molecule has 1 aromatic carbocycles. The summed E-state index contributed by atoms with van der Waals surface area (Å²) in [6, 6.07) is 7.20. The van der Waals surface area contributed by atoms with Crippen LogP contribution in [0.1, 0.15) is 30.4 Å². The van der Waals surface area contributed by atoms with Gasteiger partial charge in [0, 0.05) is 6.42 Å². The van der Waals surface area contributed by atoms with Gasteiger partial charge in [0.1, 0.15) is 5.41 Å². The highest BCUT2D eigenvalue weighted by Gasteiger charge is 2.55. The van der Waals surface area contributed by atoms with Crippen LogP contribution in [-0.2, 0) is 15.0 Å². The molecule has 0 saturated heterocycles. The number of fused-ring (bicyclic) bond motifs is 1. The molecule has 0 unspecified atom stereocenters. The van der Waals surface area contributed by atoms with E-state index in [0.29, 0.717) is 12.8 Å². The highest BCUT2D eigenvalue weighted by molar-refractivity contribution is 5.95. The molecular weight excluding hydrogens is 208 g/mol. The van der Waals surface area contributed by atoms with Gasteiger partial charge in [0.15, 0.2) is 0 Å². The third kappa shape index (κ3) is 1.46. The predicted octanol–water partition coefficient (Wildman–Crippen LogP) is 1.63. The van der Waals surface area contributed by atoms with E-state index < -0.39 is 17.4 Å². The van der Waals surface area contributed by atoms with E-state index in [1.165, 1.54) is 0 Å². The summed E-state index contributed by atoms with van der Waals surface area (Å²) >= 11 is 0. The smallest absolute Gasteiger partial charge is 0.318 e. The van der Waals surface area contributed by atoms with Crippen LogP contribution in [0.15, 0.2) is 24.3 Å². The number of rotatable bonds is 5. The van der Waals surface area contributed by atoms with E-state index in [-0.39, 0.29) is 6.42 Å². The maximum absolute atomic E-state index is 11.3. The van der Waals surface area contributed by atoms with E-state index in [9.17, 15) is 14.7 Å². The van der Waals surface area contributed by atoms with Crippen LogP contribution in [-0.4, -0.2) is 22.2 Å². The minimum absolute atomic E-state index is 0.0169. The van der Waals surface area contributed by atoms with Crippen LogP contribution in [0.2, 0.25) is 0 Å². The molecule has 0 spiro atoms. The summed E-state index contributed by atoms with van der Waals surface area (Å²) in [5, 5.41) is 17.8. The monoisotopic (exact) mass is 220 g/mol. The minimum Gasteiger partial charge on any atom is -0.481 e. The van der Waals surface area contributed by atoms with Crippen LogP contribution < -0.4 is 0 Å². The van der Waals surface area contributed by atoms with Crippen molar-refractivity contribution in [2.24, 2.45) is 0 Å². The summed E-state index contributed by atoms with van der Waals surface area (Å²) in [5.74, 6) is -1.76. The van der Waals surface area contributed by atoms with Gasteiger partial charge in [-0.1, -0.05) is 24.3 Å². The molecule has 0 aliphatic heterocycles. The molecule has 2 N–H and O–H groups in total. The number of aliphatic carboxylic acids is 2. The van der Waals surface area contributed by atoms with Crippen LogP contribution >= 0.6 is 0 Å². The van der Waals surface area contributed by atoms with Crippen LogP contribution in [0.5, 0.6) is 0 Å². The lowest BCUT2D eigenvalue weighted by Gasteiger charge is -2.09. The van der Waals surface area contributed by atoms with E-state index in [1.807, 2.05) is 0 Å². The number of hydrogen-bond acceptors (Lipinski definition) is 2. The van der Waals surface area contributed by atoms with Crippen molar-refractivity contribution in [2.75, 3.05) is 0 Å². The molecular formula is C12H12O4. The predicted molar refractivity (Wildman–Crippen MR) is 56.3 cm³/mol. The van der Waals surface area contributed by atoms with E-state index in [2.05, 4.69) is 0 Å². The summed E-state index contributed by atoms with van der Waals surface area (Å²) < 4.78 is 0. The van der Waals surface area contributed by atoms with Gasteiger partial charge in [0.25, 0.3) is 0 Å². The molecule has 0 aromatic heterocycles. The third-order valence-corrected chi connectivity index (χ3v) is 3.09. The Balaban J connectivity index is 2.11. The van der Waals surface area contributed by atoms with E-state index in [1.54, 1.807) is 24.3 Å². The molecule has 0 bridgehead atoms. The van der Waals surface area contributed by atoms with E-state index >= 15 is 0 Å². The molecule has 0 fully saturated rings. The van der Waals surface area contributed by atoms with Crippen LogP contribution in [0, 0.1) is 0 Å². The molecule has 0 radical (unpaired) electrons. The first kappa shape index (κ1) is 10.7. The second-order valence-corrected chi connectivity index (χ2v) is 4.00. The van der Waals surface area contributed by atoms with Crippen molar-refractivity contribution in [2.45, 2.75) is 24.7 Å². The molecule has 16 heavy (non-hydrogen) atoms. The third-order valence-electron chi connectivity index (χ3n) is 3.09. The molecule has 4 nitrogen and oxygen atoms in total. The van der Waals surface area contributed by atoms with Crippen molar-refractivity contribution in [3.8, 4) is 0 Å². The quantitative estimate of drug-likeness (QED) is 0.790. The van der Waals surface area contributed by atoms with Gasteiger partial charge in [0.05, 0.1) is 0 Å². The average Bonchev–Trinajstić information content (AvgIpc) is 2.88. The lowest BCUT2D eigenvalue weighted by atomic mass is 9.94. The first-order valence-corrected chi connectivity index (χ1v) is 5.14. The van der Waals surface area contributed by atoms with Gasteiger partial charge in [-0.3, -0.25) is 9.59 Å². The van der Waals surface area contributed by atoms with Crippen molar-refractivity contribution in [3.05, 3.63) is 35.4 Å². The maximum Gasteiger partial charge on any atom is 0.318 e. The van der Waals surface area contributed by atoms with Gasteiger partial charge in [0.2, 0.25) is 0 Å². The summed E-state index contributed by atoms with van der Waals surface area (Å²) in [5.41, 5.74) is 0.750. The zero-order valence-corrected chi connectivity index (χ0v) is 8.64. The fraction of sp³-hybridized carbons (Fsp3) is 0.333. The van der Waals surface area contributed by atoms with E-state index in [0.717, 1.165) is 11.1 Å². The zero-order valence-electron chi connectivity index (χ0n) is 8.64. The van der Waals surface area contributed by atoms with Gasteiger partial charge >= 0.3 is 11.9 Å². The first-order chi connectivity index (χ1) is 7.59. The minimum atomic E-state index is -0.904. The topological polar surface area (TPSA) is 74.6 Å². The first-order valence-electron chi connectivity index (χ1n) is 5.14. The maximum atomic E-state index is 11.3. The number of benzene rings is 1. The molecule has 2 rings (SSSR count). The molecule has 4 heteroatoms. The van der Waals surface area contributed by atoms with Crippen LogP contribution in [0.25, 0.3) is 0 Å². The fourth-order valence-corrected chi connectivity index (χ4v) is 2.24.